The van der Waals surface area contributed by atoms with Crippen LogP contribution in [0.4, 0.5) is 26.3 Å². The fourth-order valence-corrected chi connectivity index (χ4v) is 5.84. The molecule has 1 fully saturated rings. The summed E-state index contributed by atoms with van der Waals surface area (Å²) < 4.78 is 82.7. The van der Waals surface area contributed by atoms with Crippen molar-refractivity contribution in [1.82, 2.24) is 35.7 Å². The van der Waals surface area contributed by atoms with Gasteiger partial charge in [0, 0.05) is 40.9 Å². The number of H-pyrrole nitrogens is 1. The van der Waals surface area contributed by atoms with Gasteiger partial charge in [0.15, 0.2) is 11.4 Å². The maximum Gasteiger partial charge on any atom is 0.416 e. The molecule has 8 nitrogen and oxygen atoms in total. The summed E-state index contributed by atoms with van der Waals surface area (Å²) in [5.74, 6) is -0.642. The Hall–Kier alpha value is -3.23. The van der Waals surface area contributed by atoms with Gasteiger partial charge in [-0.2, -0.15) is 31.4 Å². The second-order valence-electron chi connectivity index (χ2n) is 9.53. The molecule has 1 saturated carbocycles. The summed E-state index contributed by atoms with van der Waals surface area (Å²) in [4.78, 5) is 14.9. The van der Waals surface area contributed by atoms with Crippen molar-refractivity contribution >= 4 is 28.4 Å². The van der Waals surface area contributed by atoms with Gasteiger partial charge < -0.3 is 5.32 Å². The lowest BCUT2D eigenvalue weighted by Gasteiger charge is -2.40. The van der Waals surface area contributed by atoms with E-state index in [1.807, 2.05) is 6.07 Å². The first kappa shape index (κ1) is 26.4. The third-order valence-electron chi connectivity index (χ3n) is 6.74. The highest BCUT2D eigenvalue weighted by atomic mass is 32.1. The van der Waals surface area contributed by atoms with E-state index < -0.39 is 36.6 Å². The van der Waals surface area contributed by atoms with Gasteiger partial charge in [-0.15, -0.1) is 16.4 Å². The number of carbonyl (C=O) groups is 1. The molecule has 1 aliphatic carbocycles. The molecule has 2 N–H and O–H groups in total. The third kappa shape index (κ3) is 5.33. The van der Waals surface area contributed by atoms with E-state index in [9.17, 15) is 31.1 Å². The smallest absolute Gasteiger partial charge is 0.334 e. The molecule has 2 aliphatic rings. The first-order chi connectivity index (χ1) is 18.0. The molecular formula is C23H23F6N7OS. The Morgan fingerprint density at radius 3 is 2.55 bits per heavy atom. The lowest BCUT2D eigenvalue weighted by atomic mass is 9.79. The lowest BCUT2D eigenvalue weighted by Crippen LogP contribution is -2.58. The van der Waals surface area contributed by atoms with Gasteiger partial charge in [0.25, 0.3) is 5.91 Å². The molecule has 0 spiro atoms. The van der Waals surface area contributed by atoms with E-state index in [-0.39, 0.29) is 41.9 Å². The second-order valence-corrected chi connectivity index (χ2v) is 10.6. The standard InChI is InChI=1S/C23H23F6N7OS/c24-22(25,26)8-2-1-3-9-36-12-14(11-30-36)21(23(27,28)29)10-15(17-7-6-16(38-17)13-4-5-13)18(20(37)31-21)19-32-34-35-33-19/h6-7,11-13H,1-5,8-10H2,(H,31,37)(H,32,33,34,35)/t21-/m0/s1. The van der Waals surface area contributed by atoms with Gasteiger partial charge in [-0.3, -0.25) is 9.48 Å². The highest BCUT2D eigenvalue weighted by molar-refractivity contribution is 7.13. The van der Waals surface area contributed by atoms with Crippen LogP contribution in [0, 0.1) is 0 Å². The van der Waals surface area contributed by atoms with Crippen LogP contribution in [0.15, 0.2) is 24.5 Å². The van der Waals surface area contributed by atoms with Crippen molar-refractivity contribution in [3.63, 3.8) is 0 Å². The number of halogens is 6. The van der Waals surface area contributed by atoms with Crippen LogP contribution in [0.25, 0.3) is 11.1 Å². The fraction of sp³-hybridized carbons (Fsp3) is 0.522. The number of amides is 1. The maximum absolute atomic E-state index is 14.8. The zero-order valence-electron chi connectivity index (χ0n) is 19.9. The van der Waals surface area contributed by atoms with Crippen molar-refractivity contribution in [3.8, 4) is 0 Å². The molecule has 38 heavy (non-hydrogen) atoms. The quantitative estimate of drug-likeness (QED) is 0.272. The molecule has 0 bridgehead atoms. The van der Waals surface area contributed by atoms with Gasteiger partial charge in [0.1, 0.15) is 0 Å². The lowest BCUT2D eigenvalue weighted by molar-refractivity contribution is -0.201. The van der Waals surface area contributed by atoms with Gasteiger partial charge in [-0.1, -0.05) is 6.42 Å². The van der Waals surface area contributed by atoms with E-state index in [1.54, 1.807) is 6.07 Å². The molecule has 1 aliphatic heterocycles. The molecular weight excluding hydrogens is 536 g/mol. The average Bonchev–Trinajstić information content (AvgIpc) is 3.23. The van der Waals surface area contributed by atoms with Crippen LogP contribution in [-0.4, -0.2) is 48.7 Å². The highest BCUT2D eigenvalue weighted by Crippen LogP contribution is 2.51. The van der Waals surface area contributed by atoms with Gasteiger partial charge in [-0.25, -0.2) is 5.10 Å². The molecule has 5 rings (SSSR count). The van der Waals surface area contributed by atoms with Crippen molar-refractivity contribution in [2.75, 3.05) is 0 Å². The molecule has 204 valence electrons. The van der Waals surface area contributed by atoms with Crippen LogP contribution in [0.5, 0.6) is 0 Å². The first-order valence-electron chi connectivity index (χ1n) is 12.0. The summed E-state index contributed by atoms with van der Waals surface area (Å²) in [6.45, 7) is 0.146. The summed E-state index contributed by atoms with van der Waals surface area (Å²) in [6.07, 6.45) is -5.90. The number of hydrogen-bond acceptors (Lipinski definition) is 6. The summed E-state index contributed by atoms with van der Waals surface area (Å²) in [5.41, 5.74) is -2.92. The highest BCUT2D eigenvalue weighted by Gasteiger charge is 2.60. The molecule has 3 aromatic rings. The van der Waals surface area contributed by atoms with Gasteiger partial charge in [0.2, 0.25) is 0 Å². The summed E-state index contributed by atoms with van der Waals surface area (Å²) in [6, 6.07) is 3.60. The van der Waals surface area contributed by atoms with Crippen LogP contribution in [0.1, 0.15) is 72.0 Å². The Kier molecular flexibility index (Phi) is 6.82. The number of unbranched alkanes of at least 4 members (excludes halogenated alkanes) is 2. The van der Waals surface area contributed by atoms with E-state index in [0.717, 1.165) is 23.9 Å². The summed E-state index contributed by atoms with van der Waals surface area (Å²) in [5, 5.41) is 19.4. The molecule has 0 unspecified atom stereocenters. The number of aryl methyl sites for hydroxylation is 1. The predicted octanol–water partition coefficient (Wildman–Crippen LogP) is 5.35. The molecule has 1 amide bonds. The zero-order chi connectivity index (χ0) is 27.1. The number of rotatable bonds is 9. The predicted molar refractivity (Wildman–Crippen MR) is 125 cm³/mol. The monoisotopic (exact) mass is 559 g/mol. The first-order valence-corrected chi connectivity index (χ1v) is 12.8. The topological polar surface area (TPSA) is 101 Å². The van der Waals surface area contributed by atoms with Crippen molar-refractivity contribution < 1.29 is 31.1 Å². The third-order valence-corrected chi connectivity index (χ3v) is 8.05. The molecule has 0 aromatic carbocycles. The van der Waals surface area contributed by atoms with E-state index >= 15 is 0 Å². The SMILES string of the molecule is O=C1N[C@@](c2cnn(CCCCCC(F)(F)F)c2)(C(F)(F)F)CC(c2ccc(C3CC3)s2)=C1c1nnn[nH]1. The minimum atomic E-state index is -4.89. The molecule has 0 saturated heterocycles. The largest absolute Gasteiger partial charge is 0.416 e. The Morgan fingerprint density at radius 1 is 1.11 bits per heavy atom. The Bertz CT molecular complexity index is 1320. The Balaban J connectivity index is 1.46. The van der Waals surface area contributed by atoms with Crippen LogP contribution >= 0.6 is 11.3 Å². The fourth-order valence-electron chi connectivity index (χ4n) is 4.61. The van der Waals surface area contributed by atoms with Gasteiger partial charge in [0.05, 0.1) is 11.8 Å². The van der Waals surface area contributed by atoms with E-state index in [0.29, 0.717) is 17.2 Å². The van der Waals surface area contributed by atoms with E-state index in [4.69, 9.17) is 0 Å². The zero-order valence-corrected chi connectivity index (χ0v) is 20.7. The molecule has 0 radical (unpaired) electrons. The maximum atomic E-state index is 14.8. The number of nitrogens with zero attached hydrogens (tertiary/aromatic N) is 5. The van der Waals surface area contributed by atoms with E-state index in [1.165, 1.54) is 22.2 Å². The number of alkyl halides is 6. The Morgan fingerprint density at radius 2 is 1.89 bits per heavy atom. The van der Waals surface area contributed by atoms with Crippen molar-refractivity contribution in [2.24, 2.45) is 0 Å². The van der Waals surface area contributed by atoms with Gasteiger partial charge >= 0.3 is 12.4 Å². The van der Waals surface area contributed by atoms with E-state index in [2.05, 4.69) is 31.0 Å². The average molecular weight is 560 g/mol. The molecule has 3 aromatic heterocycles. The summed E-state index contributed by atoms with van der Waals surface area (Å²) >= 11 is 1.35. The summed E-state index contributed by atoms with van der Waals surface area (Å²) in [7, 11) is 0. The van der Waals surface area contributed by atoms with Crippen molar-refractivity contribution in [2.45, 2.75) is 75.3 Å². The van der Waals surface area contributed by atoms with Crippen LogP contribution < -0.4 is 5.32 Å². The number of nitrogens with one attached hydrogen (secondary N) is 2. The number of aromatic amines is 1. The minimum absolute atomic E-state index is 0.0378. The molecule has 4 heterocycles. The number of tetrazole rings is 1. The van der Waals surface area contributed by atoms with Gasteiger partial charge in [-0.05, 0) is 59.7 Å². The van der Waals surface area contributed by atoms with Crippen molar-refractivity contribution in [1.29, 1.82) is 0 Å². The van der Waals surface area contributed by atoms with Crippen molar-refractivity contribution in [3.05, 3.63) is 45.7 Å². The van der Waals surface area contributed by atoms with Crippen LogP contribution in [0.2, 0.25) is 0 Å². The number of hydrogen-bond donors (Lipinski definition) is 2. The number of thiophene rings is 1. The minimum Gasteiger partial charge on any atom is -0.334 e. The molecule has 1 atom stereocenters. The second kappa shape index (κ2) is 9.82. The normalized spacial score (nSPS) is 20.7. The number of carbonyl (C=O) groups excluding carboxylic acids is 1. The van der Waals surface area contributed by atoms with Crippen LogP contribution in [0.3, 0.4) is 0 Å². The molecule has 15 heteroatoms. The number of aromatic nitrogens is 6. The van der Waals surface area contributed by atoms with Crippen LogP contribution in [-0.2, 0) is 16.9 Å². The Labute approximate surface area is 216 Å².